The van der Waals surface area contributed by atoms with Crippen LogP contribution in [0.25, 0.3) is 22.2 Å². The normalized spacial score (nSPS) is 16.5. The molecule has 0 amide bonds. The van der Waals surface area contributed by atoms with Gasteiger partial charge in [-0.3, -0.25) is 4.68 Å². The van der Waals surface area contributed by atoms with Crippen LogP contribution in [0.4, 0.5) is 4.39 Å². The van der Waals surface area contributed by atoms with Crippen LogP contribution < -0.4 is 0 Å². The van der Waals surface area contributed by atoms with E-state index in [4.69, 9.17) is 0 Å². The van der Waals surface area contributed by atoms with E-state index in [-0.39, 0.29) is 11.9 Å². The molecular formula is C18H18FN5. The molecule has 0 aromatic carbocycles. The summed E-state index contributed by atoms with van der Waals surface area (Å²) in [7, 11) is 0. The third-order valence-electron chi connectivity index (χ3n) is 5.01. The maximum Gasteiger partial charge on any atom is 0.150 e. The van der Waals surface area contributed by atoms with Crippen LogP contribution in [0.1, 0.15) is 38.1 Å². The molecule has 0 spiro atoms. The highest BCUT2D eigenvalue weighted by Crippen LogP contribution is 2.37. The second-order valence-electron chi connectivity index (χ2n) is 6.40. The summed E-state index contributed by atoms with van der Waals surface area (Å²) in [5.74, 6) is 0.117. The highest BCUT2D eigenvalue weighted by molar-refractivity contribution is 5.92. The average molecular weight is 323 g/mol. The SMILES string of the molecule is N#CCC(C1CCCC1)n1cc(-c2c(F)cnc3[nH]ccc23)cn1. The predicted octanol–water partition coefficient (Wildman–Crippen LogP) is 4.21. The van der Waals surface area contributed by atoms with Crippen molar-refractivity contribution in [2.24, 2.45) is 5.92 Å². The molecule has 3 aromatic heterocycles. The first-order chi connectivity index (χ1) is 11.8. The summed E-state index contributed by atoms with van der Waals surface area (Å²) in [4.78, 5) is 7.06. The maximum absolute atomic E-state index is 14.4. The van der Waals surface area contributed by atoms with Gasteiger partial charge in [0, 0.05) is 28.9 Å². The molecular weight excluding hydrogens is 305 g/mol. The van der Waals surface area contributed by atoms with E-state index in [0.717, 1.165) is 23.8 Å². The summed E-state index contributed by atoms with van der Waals surface area (Å²) in [5, 5.41) is 14.4. The molecule has 0 radical (unpaired) electrons. The molecule has 1 saturated carbocycles. The van der Waals surface area contributed by atoms with Gasteiger partial charge in [-0.05, 0) is 24.8 Å². The van der Waals surface area contributed by atoms with Gasteiger partial charge in [-0.2, -0.15) is 10.4 Å². The molecule has 6 heteroatoms. The number of aromatic nitrogens is 4. The van der Waals surface area contributed by atoms with Crippen molar-refractivity contribution in [3.8, 4) is 17.2 Å². The molecule has 5 nitrogen and oxygen atoms in total. The highest BCUT2D eigenvalue weighted by Gasteiger charge is 2.27. The number of nitrogens with one attached hydrogen (secondary N) is 1. The van der Waals surface area contributed by atoms with Crippen molar-refractivity contribution < 1.29 is 4.39 Å². The van der Waals surface area contributed by atoms with Crippen molar-refractivity contribution in [2.45, 2.75) is 38.1 Å². The molecule has 0 bridgehead atoms. The monoisotopic (exact) mass is 323 g/mol. The highest BCUT2D eigenvalue weighted by atomic mass is 19.1. The number of nitrogens with zero attached hydrogens (tertiary/aromatic N) is 4. The Kier molecular flexibility index (Phi) is 3.77. The zero-order valence-electron chi connectivity index (χ0n) is 13.2. The number of halogens is 1. The third-order valence-corrected chi connectivity index (χ3v) is 5.01. The fraction of sp³-hybridized carbons (Fsp3) is 0.389. The van der Waals surface area contributed by atoms with Crippen molar-refractivity contribution in [3.05, 3.63) is 36.7 Å². The summed E-state index contributed by atoms with van der Waals surface area (Å²) in [5.41, 5.74) is 1.89. The van der Waals surface area contributed by atoms with Gasteiger partial charge in [-0.15, -0.1) is 0 Å². The lowest BCUT2D eigenvalue weighted by Crippen LogP contribution is -2.17. The van der Waals surface area contributed by atoms with Crippen molar-refractivity contribution in [3.63, 3.8) is 0 Å². The van der Waals surface area contributed by atoms with E-state index < -0.39 is 0 Å². The van der Waals surface area contributed by atoms with Crippen LogP contribution >= 0.6 is 0 Å². The largest absolute Gasteiger partial charge is 0.346 e. The van der Waals surface area contributed by atoms with Crippen molar-refractivity contribution in [1.82, 2.24) is 19.7 Å². The van der Waals surface area contributed by atoms with Crippen molar-refractivity contribution in [1.29, 1.82) is 5.26 Å². The minimum atomic E-state index is -0.362. The summed E-state index contributed by atoms with van der Waals surface area (Å²) < 4.78 is 16.2. The first kappa shape index (κ1) is 14.9. The van der Waals surface area contributed by atoms with Gasteiger partial charge in [0.15, 0.2) is 0 Å². The number of H-pyrrole nitrogens is 1. The van der Waals surface area contributed by atoms with E-state index in [9.17, 15) is 9.65 Å². The molecule has 4 rings (SSSR count). The Morgan fingerprint density at radius 3 is 3.00 bits per heavy atom. The zero-order valence-corrected chi connectivity index (χ0v) is 13.2. The standard InChI is InChI=1S/C18H18FN5/c19-15-10-22-18-14(6-8-21-18)17(15)13-9-23-24(11-13)16(5-7-20)12-3-1-2-4-12/h6,8-12,16H,1-5H2,(H,21,22). The van der Waals surface area contributed by atoms with E-state index in [1.807, 2.05) is 16.9 Å². The number of fused-ring (bicyclic) bond motifs is 1. The first-order valence-corrected chi connectivity index (χ1v) is 8.31. The first-order valence-electron chi connectivity index (χ1n) is 8.31. The van der Waals surface area contributed by atoms with Gasteiger partial charge in [0.1, 0.15) is 11.5 Å². The lowest BCUT2D eigenvalue weighted by atomic mass is 9.96. The Labute approximate surface area is 139 Å². The Morgan fingerprint density at radius 1 is 1.38 bits per heavy atom. The van der Waals surface area contributed by atoms with E-state index in [0.29, 0.717) is 23.5 Å². The zero-order chi connectivity index (χ0) is 16.5. The molecule has 1 fully saturated rings. The second kappa shape index (κ2) is 6.08. The number of rotatable bonds is 4. The molecule has 122 valence electrons. The molecule has 24 heavy (non-hydrogen) atoms. The van der Waals surface area contributed by atoms with E-state index >= 15 is 0 Å². The van der Waals surface area contributed by atoms with E-state index in [2.05, 4.69) is 21.1 Å². The smallest absolute Gasteiger partial charge is 0.150 e. The molecule has 3 heterocycles. The summed E-state index contributed by atoms with van der Waals surface area (Å²) in [6.45, 7) is 0. The summed E-state index contributed by atoms with van der Waals surface area (Å²) in [6.07, 6.45) is 11.7. The molecule has 0 saturated heterocycles. The fourth-order valence-corrected chi connectivity index (χ4v) is 3.84. The number of nitriles is 1. The Bertz CT molecular complexity index is 898. The van der Waals surface area contributed by atoms with Crippen LogP contribution in [0.5, 0.6) is 0 Å². The van der Waals surface area contributed by atoms with Crippen LogP contribution in [0.15, 0.2) is 30.9 Å². The Hall–Kier alpha value is -2.68. The molecule has 1 aliphatic carbocycles. The Morgan fingerprint density at radius 2 is 2.21 bits per heavy atom. The number of aromatic amines is 1. The fourth-order valence-electron chi connectivity index (χ4n) is 3.84. The van der Waals surface area contributed by atoms with Gasteiger partial charge in [-0.1, -0.05) is 12.8 Å². The molecule has 1 N–H and O–H groups in total. The second-order valence-corrected chi connectivity index (χ2v) is 6.40. The lowest BCUT2D eigenvalue weighted by molar-refractivity contribution is 0.315. The molecule has 0 aliphatic heterocycles. The van der Waals surface area contributed by atoms with Crippen molar-refractivity contribution in [2.75, 3.05) is 0 Å². The number of hydrogen-bond donors (Lipinski definition) is 1. The van der Waals surface area contributed by atoms with E-state index in [1.54, 1.807) is 12.4 Å². The molecule has 1 unspecified atom stereocenters. The minimum absolute atomic E-state index is 0.0675. The summed E-state index contributed by atoms with van der Waals surface area (Å²) >= 11 is 0. The molecule has 1 atom stereocenters. The molecule has 1 aliphatic rings. The third kappa shape index (κ3) is 2.46. The van der Waals surface area contributed by atoms with Crippen LogP contribution in [-0.4, -0.2) is 19.7 Å². The maximum atomic E-state index is 14.4. The van der Waals surface area contributed by atoms with Gasteiger partial charge in [-0.25, -0.2) is 9.37 Å². The minimum Gasteiger partial charge on any atom is -0.346 e. The van der Waals surface area contributed by atoms with E-state index in [1.165, 1.54) is 19.0 Å². The van der Waals surface area contributed by atoms with Gasteiger partial charge >= 0.3 is 0 Å². The van der Waals surface area contributed by atoms with Crippen molar-refractivity contribution >= 4 is 11.0 Å². The van der Waals surface area contributed by atoms with Gasteiger partial charge in [0.2, 0.25) is 0 Å². The van der Waals surface area contributed by atoms with Gasteiger partial charge in [0.05, 0.1) is 30.9 Å². The predicted molar refractivity (Wildman–Crippen MR) is 88.5 cm³/mol. The number of pyridine rings is 1. The number of hydrogen-bond acceptors (Lipinski definition) is 3. The van der Waals surface area contributed by atoms with Crippen LogP contribution in [-0.2, 0) is 0 Å². The summed E-state index contributed by atoms with van der Waals surface area (Å²) in [6, 6.07) is 4.17. The topological polar surface area (TPSA) is 70.3 Å². The molecule has 3 aromatic rings. The van der Waals surface area contributed by atoms with Crippen LogP contribution in [0.2, 0.25) is 0 Å². The van der Waals surface area contributed by atoms with Crippen LogP contribution in [0.3, 0.4) is 0 Å². The van der Waals surface area contributed by atoms with Gasteiger partial charge < -0.3 is 4.98 Å². The quantitative estimate of drug-likeness (QED) is 0.782. The van der Waals surface area contributed by atoms with Gasteiger partial charge in [0.25, 0.3) is 0 Å². The average Bonchev–Trinajstić information content (AvgIpc) is 3.33. The Balaban J connectivity index is 1.74. The van der Waals surface area contributed by atoms with Crippen LogP contribution in [0, 0.1) is 23.1 Å². The lowest BCUT2D eigenvalue weighted by Gasteiger charge is -2.21.